The molecule has 0 atom stereocenters. The second-order valence-corrected chi connectivity index (χ2v) is 1.36. The fourth-order valence-corrected chi connectivity index (χ4v) is 0.191. The van der Waals surface area contributed by atoms with Crippen LogP contribution in [0.2, 0.25) is 0 Å². The van der Waals surface area contributed by atoms with Gasteiger partial charge in [0.05, 0.1) is 0 Å². The SMILES string of the molecule is CC(=O)NNC(=O)CF. The molecule has 2 N–H and O–H groups in total. The molecule has 0 aliphatic rings. The maximum atomic E-state index is 11.3. The summed E-state index contributed by atoms with van der Waals surface area (Å²) in [6.07, 6.45) is 0. The van der Waals surface area contributed by atoms with E-state index in [0.29, 0.717) is 0 Å². The van der Waals surface area contributed by atoms with Crippen LogP contribution < -0.4 is 10.9 Å². The molecule has 0 unspecified atom stereocenters. The van der Waals surface area contributed by atoms with E-state index in [1.165, 1.54) is 6.92 Å². The van der Waals surface area contributed by atoms with Gasteiger partial charge in [-0.2, -0.15) is 0 Å². The summed E-state index contributed by atoms with van der Waals surface area (Å²) in [5.41, 5.74) is 3.74. The Labute approximate surface area is 51.4 Å². The molecule has 0 aromatic rings. The normalized spacial score (nSPS) is 8.22. The van der Waals surface area contributed by atoms with Gasteiger partial charge < -0.3 is 0 Å². The fourth-order valence-electron chi connectivity index (χ4n) is 0.191. The largest absolute Gasteiger partial charge is 0.274 e. The van der Waals surface area contributed by atoms with Crippen molar-refractivity contribution in [3.8, 4) is 0 Å². The lowest BCUT2D eigenvalue weighted by atomic mass is 10.7. The Morgan fingerprint density at radius 2 is 2.00 bits per heavy atom. The minimum atomic E-state index is -1.12. The zero-order chi connectivity index (χ0) is 7.28. The summed E-state index contributed by atoms with van der Waals surface area (Å²) in [4.78, 5) is 20.0. The lowest BCUT2D eigenvalue weighted by Crippen LogP contribution is -2.41. The first-order chi connectivity index (χ1) is 4.16. The van der Waals surface area contributed by atoms with Gasteiger partial charge in [0, 0.05) is 6.92 Å². The number of halogens is 1. The maximum Gasteiger partial charge on any atom is 0.269 e. The molecule has 0 bridgehead atoms. The third-order valence-corrected chi connectivity index (χ3v) is 0.499. The van der Waals surface area contributed by atoms with Crippen LogP contribution >= 0.6 is 0 Å². The third-order valence-electron chi connectivity index (χ3n) is 0.499. The smallest absolute Gasteiger partial charge is 0.269 e. The van der Waals surface area contributed by atoms with Crippen LogP contribution in [0, 0.1) is 0 Å². The lowest BCUT2D eigenvalue weighted by molar-refractivity contribution is -0.128. The van der Waals surface area contributed by atoms with E-state index in [1.54, 1.807) is 0 Å². The first-order valence-electron chi connectivity index (χ1n) is 2.28. The van der Waals surface area contributed by atoms with Crippen LogP contribution in [0.15, 0.2) is 0 Å². The van der Waals surface area contributed by atoms with Gasteiger partial charge in [0.15, 0.2) is 6.67 Å². The zero-order valence-electron chi connectivity index (χ0n) is 4.90. The molecule has 0 aromatic heterocycles. The molecule has 0 fully saturated rings. The summed E-state index contributed by atoms with van der Waals surface area (Å²) in [6.45, 7) is 0.0821. The van der Waals surface area contributed by atoms with E-state index in [0.717, 1.165) is 0 Å². The number of amides is 2. The van der Waals surface area contributed by atoms with E-state index in [4.69, 9.17) is 0 Å². The van der Waals surface area contributed by atoms with Crippen LogP contribution in [0.3, 0.4) is 0 Å². The highest BCUT2D eigenvalue weighted by Crippen LogP contribution is 1.64. The summed E-state index contributed by atoms with van der Waals surface area (Å²) < 4.78 is 11.3. The first-order valence-corrected chi connectivity index (χ1v) is 2.28. The number of nitrogens with one attached hydrogen (secondary N) is 2. The van der Waals surface area contributed by atoms with Crippen LogP contribution in [0.4, 0.5) is 4.39 Å². The molecule has 0 radical (unpaired) electrons. The van der Waals surface area contributed by atoms with Crippen LogP contribution in [0.25, 0.3) is 0 Å². The Bertz CT molecular complexity index is 126. The molecule has 52 valence electrons. The number of carbonyl (C=O) groups excluding carboxylic acids is 2. The molecule has 0 aromatic carbocycles. The average molecular weight is 134 g/mol. The highest BCUT2D eigenvalue weighted by atomic mass is 19.1. The number of alkyl halides is 1. The highest BCUT2D eigenvalue weighted by molar-refractivity contribution is 5.81. The number of hydrogen-bond acceptors (Lipinski definition) is 2. The van der Waals surface area contributed by atoms with E-state index in [1.807, 2.05) is 10.9 Å². The molecule has 0 aliphatic carbocycles. The van der Waals surface area contributed by atoms with Crippen molar-refractivity contribution in [3.05, 3.63) is 0 Å². The van der Waals surface area contributed by atoms with Gasteiger partial charge in [0.25, 0.3) is 5.91 Å². The number of hydrogen-bond donors (Lipinski definition) is 2. The average Bonchev–Trinajstić information content (AvgIpc) is 1.83. The van der Waals surface area contributed by atoms with Gasteiger partial charge in [0.2, 0.25) is 5.91 Å². The van der Waals surface area contributed by atoms with E-state index < -0.39 is 18.5 Å². The molecule has 0 spiro atoms. The summed E-state index contributed by atoms with van der Waals surface area (Å²) >= 11 is 0. The lowest BCUT2D eigenvalue weighted by Gasteiger charge is -1.99. The Morgan fingerprint density at radius 1 is 1.44 bits per heavy atom. The van der Waals surface area contributed by atoms with E-state index in [-0.39, 0.29) is 0 Å². The summed E-state index contributed by atoms with van der Waals surface area (Å²) in [6, 6.07) is 0. The summed E-state index contributed by atoms with van der Waals surface area (Å²) in [7, 11) is 0. The zero-order valence-corrected chi connectivity index (χ0v) is 4.90. The highest BCUT2D eigenvalue weighted by Gasteiger charge is 1.96. The van der Waals surface area contributed by atoms with Crippen LogP contribution in [-0.2, 0) is 9.59 Å². The number of carbonyl (C=O) groups is 2. The number of hydrazine groups is 1. The molecular formula is C4H7FN2O2. The molecule has 0 aliphatic heterocycles. The second-order valence-electron chi connectivity index (χ2n) is 1.36. The van der Waals surface area contributed by atoms with Gasteiger partial charge in [-0.25, -0.2) is 4.39 Å². The van der Waals surface area contributed by atoms with Gasteiger partial charge in [-0.3, -0.25) is 20.4 Å². The molecule has 0 heterocycles. The standard InChI is InChI=1S/C4H7FN2O2/c1-3(8)6-7-4(9)2-5/h2H2,1H3,(H,6,8)(H,7,9). The van der Waals surface area contributed by atoms with Crippen molar-refractivity contribution in [3.63, 3.8) is 0 Å². The first kappa shape index (κ1) is 7.87. The Balaban J connectivity index is 3.28. The van der Waals surface area contributed by atoms with Crippen molar-refractivity contribution < 1.29 is 14.0 Å². The fraction of sp³-hybridized carbons (Fsp3) is 0.500. The quantitative estimate of drug-likeness (QED) is 0.458. The summed E-state index contributed by atoms with van der Waals surface area (Å²) in [5, 5.41) is 0. The maximum absolute atomic E-state index is 11.3. The minimum absolute atomic E-state index is 0.434. The number of rotatable bonds is 1. The van der Waals surface area contributed by atoms with Crippen molar-refractivity contribution >= 4 is 11.8 Å². The van der Waals surface area contributed by atoms with E-state index in [9.17, 15) is 14.0 Å². The van der Waals surface area contributed by atoms with Crippen LogP contribution in [-0.4, -0.2) is 18.5 Å². The Kier molecular flexibility index (Phi) is 3.34. The van der Waals surface area contributed by atoms with Gasteiger partial charge in [-0.05, 0) is 0 Å². The molecule has 5 heteroatoms. The molecule has 2 amide bonds. The molecule has 0 rings (SSSR count). The van der Waals surface area contributed by atoms with Gasteiger partial charge in [-0.1, -0.05) is 0 Å². The predicted molar refractivity (Wildman–Crippen MR) is 27.9 cm³/mol. The monoisotopic (exact) mass is 134 g/mol. The van der Waals surface area contributed by atoms with Gasteiger partial charge in [-0.15, -0.1) is 0 Å². The molecule has 0 saturated carbocycles. The van der Waals surface area contributed by atoms with E-state index >= 15 is 0 Å². The van der Waals surface area contributed by atoms with Crippen LogP contribution in [0.1, 0.15) is 6.92 Å². The molecular weight excluding hydrogens is 127 g/mol. The predicted octanol–water partition coefficient (Wildman–Crippen LogP) is -0.877. The third kappa shape index (κ3) is 4.73. The Morgan fingerprint density at radius 3 is 2.33 bits per heavy atom. The van der Waals surface area contributed by atoms with Crippen molar-refractivity contribution in [1.82, 2.24) is 10.9 Å². The summed E-state index contributed by atoms with van der Waals surface area (Å²) in [5.74, 6) is -1.29. The van der Waals surface area contributed by atoms with E-state index in [2.05, 4.69) is 0 Å². The Hall–Kier alpha value is -1.13. The molecule has 4 nitrogen and oxygen atoms in total. The van der Waals surface area contributed by atoms with Gasteiger partial charge >= 0.3 is 0 Å². The van der Waals surface area contributed by atoms with Crippen molar-refractivity contribution in [2.75, 3.05) is 6.67 Å². The topological polar surface area (TPSA) is 58.2 Å². The van der Waals surface area contributed by atoms with Gasteiger partial charge in [0.1, 0.15) is 0 Å². The molecule has 0 saturated heterocycles. The van der Waals surface area contributed by atoms with Crippen molar-refractivity contribution in [2.24, 2.45) is 0 Å². The van der Waals surface area contributed by atoms with Crippen molar-refractivity contribution in [1.29, 1.82) is 0 Å². The minimum Gasteiger partial charge on any atom is -0.274 e. The molecule has 9 heavy (non-hydrogen) atoms. The van der Waals surface area contributed by atoms with Crippen LogP contribution in [0.5, 0.6) is 0 Å². The second kappa shape index (κ2) is 3.82. The van der Waals surface area contributed by atoms with Crippen molar-refractivity contribution in [2.45, 2.75) is 6.92 Å².